The molecule has 1 aromatic rings. The minimum absolute atomic E-state index is 0.147. The largest absolute Gasteiger partial charge is 0.341 e. The highest BCUT2D eigenvalue weighted by Crippen LogP contribution is 2.26. The summed E-state index contributed by atoms with van der Waals surface area (Å²) in [5, 5.41) is 2.32. The van der Waals surface area contributed by atoms with Crippen LogP contribution in [-0.2, 0) is 14.6 Å². The molecule has 0 radical (unpaired) electrons. The lowest BCUT2D eigenvalue weighted by Gasteiger charge is -2.13. The van der Waals surface area contributed by atoms with E-state index in [-0.39, 0.29) is 5.69 Å². The number of carbonyl (C=O) groups excluding carboxylic acids is 1. The zero-order chi connectivity index (χ0) is 14.6. The zero-order valence-corrected chi connectivity index (χ0v) is 12.3. The van der Waals surface area contributed by atoms with E-state index in [0.717, 1.165) is 6.07 Å². The summed E-state index contributed by atoms with van der Waals surface area (Å²) in [6.45, 7) is 1.75. The fourth-order valence-electron chi connectivity index (χ4n) is 1.31. The Labute approximate surface area is 118 Å². The Morgan fingerprint density at radius 3 is 2.47 bits per heavy atom. The van der Waals surface area contributed by atoms with Gasteiger partial charge in [-0.15, -0.1) is 0 Å². The molecule has 106 valence electrons. The number of carbonyl (C=O) groups is 1. The van der Waals surface area contributed by atoms with Crippen molar-refractivity contribution in [1.82, 2.24) is 0 Å². The van der Waals surface area contributed by atoms with Gasteiger partial charge in [0.15, 0.2) is 0 Å². The van der Waals surface area contributed by atoms with Crippen molar-refractivity contribution in [3.63, 3.8) is 0 Å². The summed E-state index contributed by atoms with van der Waals surface area (Å²) in [4.78, 5) is 10.5. The standard InChI is InChI=1S/C11H12BrF2NO3S/c1-2-7(12)10(16)15-8-5-3-4-6-9(8)19(17,18)11(13)14/h3-7,11H,2H2,1H3,(H,15,16). The van der Waals surface area contributed by atoms with Crippen LogP contribution in [0.25, 0.3) is 0 Å². The van der Waals surface area contributed by atoms with Crippen molar-refractivity contribution in [2.24, 2.45) is 0 Å². The van der Waals surface area contributed by atoms with Crippen LogP contribution in [0.2, 0.25) is 0 Å². The molecule has 0 heterocycles. The van der Waals surface area contributed by atoms with E-state index < -0.39 is 31.2 Å². The first-order chi connectivity index (χ1) is 8.80. The molecule has 0 aliphatic heterocycles. The fraction of sp³-hybridized carbons (Fsp3) is 0.364. The number of halogens is 3. The molecular weight excluding hydrogens is 344 g/mol. The number of anilines is 1. The Hall–Kier alpha value is -1.02. The first-order valence-electron chi connectivity index (χ1n) is 5.36. The van der Waals surface area contributed by atoms with Gasteiger partial charge in [0.25, 0.3) is 0 Å². The summed E-state index contributed by atoms with van der Waals surface area (Å²) in [6, 6.07) is 5.07. The van der Waals surface area contributed by atoms with E-state index in [1.807, 2.05) is 0 Å². The molecular formula is C11H12BrF2NO3S. The lowest BCUT2D eigenvalue weighted by molar-refractivity contribution is -0.115. The molecule has 19 heavy (non-hydrogen) atoms. The van der Waals surface area contributed by atoms with Gasteiger partial charge in [-0.1, -0.05) is 35.0 Å². The smallest absolute Gasteiger partial charge is 0.324 e. The zero-order valence-electron chi connectivity index (χ0n) is 9.94. The van der Waals surface area contributed by atoms with Crippen LogP contribution in [-0.4, -0.2) is 24.9 Å². The molecule has 1 N–H and O–H groups in total. The maximum absolute atomic E-state index is 12.5. The van der Waals surface area contributed by atoms with Crippen molar-refractivity contribution in [2.75, 3.05) is 5.32 Å². The molecule has 4 nitrogen and oxygen atoms in total. The molecule has 0 aliphatic rings. The van der Waals surface area contributed by atoms with Crippen molar-refractivity contribution < 1.29 is 22.0 Å². The highest BCUT2D eigenvalue weighted by atomic mass is 79.9. The van der Waals surface area contributed by atoms with Crippen molar-refractivity contribution in [2.45, 2.75) is 28.8 Å². The number of amides is 1. The molecule has 0 bridgehead atoms. The number of alkyl halides is 3. The van der Waals surface area contributed by atoms with Gasteiger partial charge >= 0.3 is 5.76 Å². The van der Waals surface area contributed by atoms with Crippen LogP contribution in [0.3, 0.4) is 0 Å². The van der Waals surface area contributed by atoms with Gasteiger partial charge in [-0.05, 0) is 18.6 Å². The summed E-state index contributed by atoms with van der Waals surface area (Å²) in [5.74, 6) is -4.02. The second-order valence-corrected chi connectivity index (χ2v) is 6.66. The van der Waals surface area contributed by atoms with Crippen LogP contribution in [0, 0.1) is 0 Å². The summed E-state index contributed by atoms with van der Waals surface area (Å²) in [5.41, 5.74) is -0.147. The van der Waals surface area contributed by atoms with E-state index in [0.29, 0.717) is 6.42 Å². The second kappa shape index (κ2) is 6.42. The summed E-state index contributed by atoms with van der Waals surface area (Å²) >= 11 is 3.09. The van der Waals surface area contributed by atoms with Crippen LogP contribution in [0.15, 0.2) is 29.2 Å². The number of sulfone groups is 1. The average molecular weight is 356 g/mol. The summed E-state index contributed by atoms with van der Waals surface area (Å²) in [7, 11) is -4.75. The summed E-state index contributed by atoms with van der Waals surface area (Å²) < 4.78 is 48.0. The van der Waals surface area contributed by atoms with Crippen molar-refractivity contribution >= 4 is 37.4 Å². The Balaban J connectivity index is 3.14. The molecule has 0 fully saturated rings. The molecule has 0 saturated carbocycles. The fourth-order valence-corrected chi connectivity index (χ4v) is 2.31. The lowest BCUT2D eigenvalue weighted by atomic mass is 10.3. The number of hydrogen-bond donors (Lipinski definition) is 1. The third-order valence-corrected chi connectivity index (χ3v) is 4.83. The Kier molecular flexibility index (Phi) is 5.42. The number of rotatable bonds is 5. The Bertz CT molecular complexity index is 563. The van der Waals surface area contributed by atoms with E-state index in [2.05, 4.69) is 21.2 Å². The molecule has 8 heteroatoms. The van der Waals surface area contributed by atoms with Gasteiger partial charge in [0.1, 0.15) is 0 Å². The van der Waals surface area contributed by atoms with Crippen LogP contribution >= 0.6 is 15.9 Å². The second-order valence-electron chi connectivity index (χ2n) is 3.67. The molecule has 1 atom stereocenters. The minimum atomic E-state index is -4.75. The predicted octanol–water partition coefficient (Wildman–Crippen LogP) is 2.79. The monoisotopic (exact) mass is 355 g/mol. The quantitative estimate of drug-likeness (QED) is 0.826. The molecule has 0 saturated heterocycles. The number of hydrogen-bond acceptors (Lipinski definition) is 3. The van der Waals surface area contributed by atoms with Gasteiger partial charge in [0.2, 0.25) is 15.7 Å². The predicted molar refractivity (Wildman–Crippen MR) is 71.3 cm³/mol. The van der Waals surface area contributed by atoms with E-state index in [9.17, 15) is 22.0 Å². The molecule has 1 amide bonds. The van der Waals surface area contributed by atoms with Gasteiger partial charge in [-0.3, -0.25) is 4.79 Å². The molecule has 1 aromatic carbocycles. The Morgan fingerprint density at radius 2 is 1.95 bits per heavy atom. The van der Waals surface area contributed by atoms with Crippen LogP contribution < -0.4 is 5.32 Å². The number of benzene rings is 1. The van der Waals surface area contributed by atoms with Crippen molar-refractivity contribution in [1.29, 1.82) is 0 Å². The van der Waals surface area contributed by atoms with E-state index >= 15 is 0 Å². The minimum Gasteiger partial charge on any atom is -0.324 e. The van der Waals surface area contributed by atoms with Crippen molar-refractivity contribution in [3.05, 3.63) is 24.3 Å². The van der Waals surface area contributed by atoms with Gasteiger partial charge in [0, 0.05) is 0 Å². The molecule has 1 rings (SSSR count). The lowest BCUT2D eigenvalue weighted by Crippen LogP contribution is -2.24. The molecule has 0 spiro atoms. The van der Waals surface area contributed by atoms with Gasteiger partial charge in [-0.2, -0.15) is 8.78 Å². The number of nitrogens with one attached hydrogen (secondary N) is 1. The number of para-hydroxylation sites is 1. The third-order valence-electron chi connectivity index (χ3n) is 2.33. The van der Waals surface area contributed by atoms with Gasteiger partial charge in [-0.25, -0.2) is 8.42 Å². The van der Waals surface area contributed by atoms with Gasteiger partial charge < -0.3 is 5.32 Å². The highest BCUT2D eigenvalue weighted by Gasteiger charge is 2.29. The molecule has 1 unspecified atom stereocenters. The topological polar surface area (TPSA) is 63.2 Å². The van der Waals surface area contributed by atoms with Crippen LogP contribution in [0.4, 0.5) is 14.5 Å². The van der Waals surface area contributed by atoms with E-state index in [1.165, 1.54) is 18.2 Å². The summed E-state index contributed by atoms with van der Waals surface area (Å²) in [6.07, 6.45) is 0.482. The van der Waals surface area contributed by atoms with Crippen LogP contribution in [0.1, 0.15) is 13.3 Å². The van der Waals surface area contributed by atoms with E-state index in [4.69, 9.17) is 0 Å². The van der Waals surface area contributed by atoms with Gasteiger partial charge in [0.05, 0.1) is 15.4 Å². The average Bonchev–Trinajstić information content (AvgIpc) is 2.37. The highest BCUT2D eigenvalue weighted by molar-refractivity contribution is 9.10. The molecule has 0 aliphatic carbocycles. The third kappa shape index (κ3) is 3.73. The maximum Gasteiger partial charge on any atom is 0.341 e. The Morgan fingerprint density at radius 1 is 1.37 bits per heavy atom. The first-order valence-corrected chi connectivity index (χ1v) is 7.83. The van der Waals surface area contributed by atoms with E-state index in [1.54, 1.807) is 6.92 Å². The van der Waals surface area contributed by atoms with Crippen LogP contribution in [0.5, 0.6) is 0 Å². The normalized spacial score (nSPS) is 13.3. The van der Waals surface area contributed by atoms with Crippen molar-refractivity contribution in [3.8, 4) is 0 Å². The maximum atomic E-state index is 12.5. The SMILES string of the molecule is CCC(Br)C(=O)Nc1ccccc1S(=O)(=O)C(F)F. The first kappa shape index (κ1) is 16.0. The molecule has 0 aromatic heterocycles.